The Labute approximate surface area is 354 Å². The van der Waals surface area contributed by atoms with Gasteiger partial charge in [0.2, 0.25) is 27.7 Å². The van der Waals surface area contributed by atoms with Crippen LogP contribution in [0.3, 0.4) is 0 Å². The van der Waals surface area contributed by atoms with Gasteiger partial charge in [-0.25, -0.2) is 13.4 Å². The number of aromatic nitrogens is 1. The lowest BCUT2D eigenvalue weighted by molar-refractivity contribution is -0.141. The maximum Gasteiger partial charge on any atom is 0.262 e. The number of nitrogens with one attached hydrogen (secondary N) is 3. The molecular formula is C43H55N5O10S2. The first-order valence-corrected chi connectivity index (χ1v) is 23.1. The third-order valence-electron chi connectivity index (χ3n) is 11.6. The van der Waals surface area contributed by atoms with Crippen molar-refractivity contribution < 1.29 is 46.9 Å². The largest absolute Gasteiger partial charge is 0.496 e. The Morgan fingerprint density at radius 1 is 1.08 bits per heavy atom. The monoisotopic (exact) mass is 865 g/mol. The van der Waals surface area contributed by atoms with Crippen molar-refractivity contribution in [2.45, 2.75) is 133 Å². The molecule has 15 nitrogen and oxygen atoms in total. The number of pyridine rings is 1. The second-order valence-electron chi connectivity index (χ2n) is 17.2. The molecule has 17 heteroatoms. The number of methoxy groups -OCH3 is 1. The van der Waals surface area contributed by atoms with Crippen LogP contribution in [0.2, 0.25) is 0 Å². The molecule has 60 heavy (non-hydrogen) atoms. The van der Waals surface area contributed by atoms with E-state index in [0.29, 0.717) is 70.1 Å². The molecule has 2 aliphatic carbocycles. The highest BCUT2D eigenvalue weighted by molar-refractivity contribution is 7.91. The van der Waals surface area contributed by atoms with Crippen molar-refractivity contribution in [3.8, 4) is 17.4 Å². The summed E-state index contributed by atoms with van der Waals surface area (Å²) in [5.41, 5.74) is -1.34. The van der Waals surface area contributed by atoms with Crippen LogP contribution in [-0.4, -0.2) is 95.8 Å². The molecule has 4 aliphatic rings. The molecular weight excluding hydrogens is 811 g/mol. The number of sulfonamides is 1. The zero-order valence-corrected chi connectivity index (χ0v) is 36.5. The van der Waals surface area contributed by atoms with Crippen molar-refractivity contribution in [2.24, 2.45) is 5.92 Å². The van der Waals surface area contributed by atoms with Crippen molar-refractivity contribution in [2.75, 3.05) is 13.7 Å². The predicted octanol–water partition coefficient (Wildman–Crippen LogP) is 4.78. The van der Waals surface area contributed by atoms with Gasteiger partial charge in [-0.05, 0) is 97.4 Å². The fourth-order valence-corrected chi connectivity index (χ4v) is 10.3. The van der Waals surface area contributed by atoms with Crippen molar-refractivity contribution in [3.63, 3.8) is 0 Å². The van der Waals surface area contributed by atoms with E-state index in [1.165, 1.54) is 4.90 Å². The highest BCUT2D eigenvalue weighted by Crippen LogP contribution is 2.46. The van der Waals surface area contributed by atoms with Gasteiger partial charge in [-0.1, -0.05) is 25.0 Å². The Kier molecular flexibility index (Phi) is 12.3. The zero-order chi connectivity index (χ0) is 43.1. The topological polar surface area (TPSA) is 203 Å². The molecule has 2 saturated carbocycles. The lowest BCUT2D eigenvalue weighted by Gasteiger charge is -2.30. The fraction of sp³-hybridized carbons (Fsp3) is 0.558. The number of carbonyl (C=O) groups excluding carboxylic acids is 4. The number of amides is 4. The molecule has 5 unspecified atom stereocenters. The molecule has 0 radical (unpaired) electrons. The maximum atomic E-state index is 14.8. The number of ether oxygens (including phenoxy) is 3. The predicted molar refractivity (Wildman–Crippen MR) is 225 cm³/mol. The Morgan fingerprint density at radius 3 is 2.53 bits per heavy atom. The zero-order valence-electron chi connectivity index (χ0n) is 34.9. The minimum absolute atomic E-state index is 0.0238. The van der Waals surface area contributed by atoms with E-state index < -0.39 is 74.1 Å². The van der Waals surface area contributed by atoms with Crippen molar-refractivity contribution in [1.29, 1.82) is 0 Å². The van der Waals surface area contributed by atoms with Crippen molar-refractivity contribution in [1.82, 2.24) is 25.2 Å². The number of benzene rings is 1. The number of hydrogen-bond donors (Lipinski definition) is 4. The van der Waals surface area contributed by atoms with Crippen LogP contribution in [0.25, 0.3) is 10.9 Å². The first-order chi connectivity index (χ1) is 28.4. The number of nitrogens with zero attached hydrogens (tertiary/aromatic N) is 2. The summed E-state index contributed by atoms with van der Waals surface area (Å²) in [7, 11) is -2.35. The van der Waals surface area contributed by atoms with Crippen LogP contribution in [0.1, 0.15) is 106 Å². The minimum atomic E-state index is -3.92. The first-order valence-electron chi connectivity index (χ1n) is 20.7. The van der Waals surface area contributed by atoms with Gasteiger partial charge in [-0.3, -0.25) is 23.9 Å². The fourth-order valence-electron chi connectivity index (χ4n) is 8.02. The van der Waals surface area contributed by atoms with Gasteiger partial charge in [0.15, 0.2) is 0 Å². The molecule has 1 saturated heterocycles. The third kappa shape index (κ3) is 9.27. The summed E-state index contributed by atoms with van der Waals surface area (Å²) in [6.45, 7) is 8.86. The Bertz CT molecular complexity index is 2300. The van der Waals surface area contributed by atoms with E-state index in [1.54, 1.807) is 39.2 Å². The molecule has 7 rings (SSSR count). The normalized spacial score (nSPS) is 25.1. The maximum absolute atomic E-state index is 14.8. The molecule has 3 aromatic rings. The first kappa shape index (κ1) is 43.4. The van der Waals surface area contributed by atoms with E-state index in [1.807, 2.05) is 45.1 Å². The number of rotatable bonds is 11. The van der Waals surface area contributed by atoms with E-state index in [0.717, 1.165) is 29.7 Å². The third-order valence-corrected chi connectivity index (χ3v) is 14.8. The van der Waals surface area contributed by atoms with Crippen LogP contribution in [0.5, 0.6) is 17.4 Å². The smallest absolute Gasteiger partial charge is 0.262 e. The summed E-state index contributed by atoms with van der Waals surface area (Å²) in [5.74, 6) is -1.51. The summed E-state index contributed by atoms with van der Waals surface area (Å²) in [5, 5.41) is 16.4. The minimum Gasteiger partial charge on any atom is -0.496 e. The number of carbonyl (C=O) groups is 4. The average molecular weight is 866 g/mol. The van der Waals surface area contributed by atoms with Gasteiger partial charge in [-0.2, -0.15) is 0 Å². The Morgan fingerprint density at radius 2 is 1.85 bits per heavy atom. The summed E-state index contributed by atoms with van der Waals surface area (Å²) in [6, 6.07) is 6.44. The van der Waals surface area contributed by atoms with Crippen LogP contribution in [-0.2, 0) is 30.0 Å². The van der Waals surface area contributed by atoms with Crippen LogP contribution < -0.4 is 29.6 Å². The van der Waals surface area contributed by atoms with E-state index in [4.69, 9.17) is 19.2 Å². The second kappa shape index (κ2) is 17.0. The number of thiophene rings is 1. The standard InChI is InChI=1S/C43H55N5O10S2/c1-24(2)57-36-21-33(29-16-17-32(56-6)25(3)37(29)45-36)58-27-20-31-38(49)46-43(41(52)47-60(54,55)28-14-15-28)22-26(43)12-10-8-7-9-11-13-30(40(51)48(31)23-27)44-39(50)34-18-19-35(59-34)42(4,5)53/h10,12,16-19,21,24,26-28,30-31,53H,7-9,11,13-15,20,22-23H2,1-6H3,(H,44,50)(H,46,49)(H,47,52). The number of fused-ring (bicyclic) bond motifs is 3. The molecule has 4 amide bonds. The summed E-state index contributed by atoms with van der Waals surface area (Å²) >= 11 is 1.13. The van der Waals surface area contributed by atoms with Gasteiger partial charge in [0.25, 0.3) is 11.8 Å². The molecule has 3 fully saturated rings. The summed E-state index contributed by atoms with van der Waals surface area (Å²) in [4.78, 5) is 64.1. The summed E-state index contributed by atoms with van der Waals surface area (Å²) in [6.07, 6.45) is 7.11. The van der Waals surface area contributed by atoms with Gasteiger partial charge < -0.3 is 34.9 Å². The Balaban J connectivity index is 1.23. The highest BCUT2D eigenvalue weighted by atomic mass is 32.2. The molecule has 0 bridgehead atoms. The molecule has 2 aromatic heterocycles. The van der Waals surface area contributed by atoms with Gasteiger partial charge in [0.05, 0.1) is 41.0 Å². The van der Waals surface area contributed by atoms with E-state index in [2.05, 4.69) is 15.4 Å². The Hall–Kier alpha value is -4.74. The van der Waals surface area contributed by atoms with Crippen LogP contribution in [0.15, 0.2) is 42.5 Å². The molecule has 1 aromatic carbocycles. The molecule has 4 heterocycles. The van der Waals surface area contributed by atoms with Gasteiger partial charge in [0.1, 0.15) is 35.2 Å². The molecule has 4 N–H and O–H groups in total. The van der Waals surface area contributed by atoms with Crippen molar-refractivity contribution in [3.05, 3.63) is 57.8 Å². The van der Waals surface area contributed by atoms with Crippen molar-refractivity contribution >= 4 is 55.9 Å². The lowest BCUT2D eigenvalue weighted by atomic mass is 10.0. The summed E-state index contributed by atoms with van der Waals surface area (Å²) < 4.78 is 46.4. The molecule has 5 atom stereocenters. The van der Waals surface area contributed by atoms with E-state index in [9.17, 15) is 32.7 Å². The lowest BCUT2D eigenvalue weighted by Crippen LogP contribution is -2.58. The van der Waals surface area contributed by atoms with Crippen LogP contribution in [0.4, 0.5) is 0 Å². The second-order valence-corrected chi connectivity index (χ2v) is 20.2. The molecule has 0 spiro atoms. The van der Waals surface area contributed by atoms with E-state index in [-0.39, 0.29) is 25.5 Å². The van der Waals surface area contributed by atoms with Gasteiger partial charge in [-0.15, -0.1) is 11.3 Å². The number of aliphatic hydroxyl groups is 1. The average Bonchev–Trinajstić information content (AvgIpc) is 4.05. The van der Waals surface area contributed by atoms with Crippen LogP contribution in [0, 0.1) is 12.8 Å². The number of allylic oxidation sites excluding steroid dienone is 1. The highest BCUT2D eigenvalue weighted by Gasteiger charge is 2.62. The van der Waals surface area contributed by atoms with Gasteiger partial charge >= 0.3 is 0 Å². The number of hydrogen-bond acceptors (Lipinski definition) is 12. The van der Waals surface area contributed by atoms with E-state index >= 15 is 0 Å². The number of aryl methyl sites for hydroxylation is 1. The quantitative estimate of drug-likeness (QED) is 0.193. The van der Waals surface area contributed by atoms with Gasteiger partial charge in [0, 0.05) is 34.2 Å². The SMILES string of the molecule is COc1ccc2c(OC3CC4C(=O)NC5(C(=O)NS(=O)(=O)C6CC6)CC5C=CCCCCCC(NC(=O)c5ccc(C(C)(C)O)s5)C(=O)N4C3)cc(OC(C)C)nc2c1C. The molecule has 324 valence electrons. The molecule has 2 aliphatic heterocycles. The van der Waals surface area contributed by atoms with Crippen LogP contribution >= 0.6 is 11.3 Å².